The number of nitrogens with one attached hydrogen (secondary N) is 1. The Hall–Kier alpha value is -2.11. The molecule has 1 amide bonds. The SMILES string of the molecule is CC(C)(C)OC(=O)Nc1ccc(F)c(CC2(C(=O)O)CC2)c1. The number of aliphatic carboxylic acids is 1. The normalized spacial score (nSPS) is 16.0. The molecule has 6 heteroatoms. The summed E-state index contributed by atoms with van der Waals surface area (Å²) in [4.78, 5) is 22.9. The fraction of sp³-hybridized carbons (Fsp3) is 0.500. The second-order valence-corrected chi connectivity index (χ2v) is 6.70. The molecular formula is C16H20FNO4. The van der Waals surface area contributed by atoms with Gasteiger partial charge in [-0.3, -0.25) is 10.1 Å². The Labute approximate surface area is 128 Å². The third-order valence-corrected chi connectivity index (χ3v) is 3.53. The standard InChI is InChI=1S/C16H20FNO4/c1-15(2,3)22-14(21)18-11-4-5-12(17)10(8-11)9-16(6-7-16)13(19)20/h4-5,8H,6-7,9H2,1-3H3,(H,18,21)(H,19,20). The van der Waals surface area contributed by atoms with Gasteiger partial charge in [0.15, 0.2) is 0 Å². The van der Waals surface area contributed by atoms with Gasteiger partial charge in [0.05, 0.1) is 5.41 Å². The van der Waals surface area contributed by atoms with Gasteiger partial charge in [0, 0.05) is 5.69 Å². The summed E-state index contributed by atoms with van der Waals surface area (Å²) in [6.07, 6.45) is 0.582. The number of carbonyl (C=O) groups excluding carboxylic acids is 1. The summed E-state index contributed by atoms with van der Waals surface area (Å²) in [5.41, 5.74) is -0.819. The zero-order valence-corrected chi connectivity index (χ0v) is 12.9. The highest BCUT2D eigenvalue weighted by Crippen LogP contribution is 2.49. The molecule has 0 spiro atoms. The highest BCUT2D eigenvalue weighted by Gasteiger charge is 2.50. The van der Waals surface area contributed by atoms with Crippen LogP contribution in [-0.2, 0) is 16.0 Å². The first-order chi connectivity index (χ1) is 10.1. The Morgan fingerprint density at radius 2 is 2.00 bits per heavy atom. The maximum atomic E-state index is 13.9. The fourth-order valence-electron chi connectivity index (χ4n) is 2.19. The molecule has 1 aromatic carbocycles. The minimum Gasteiger partial charge on any atom is -0.481 e. The lowest BCUT2D eigenvalue weighted by atomic mass is 9.96. The third-order valence-electron chi connectivity index (χ3n) is 3.53. The predicted molar refractivity (Wildman–Crippen MR) is 79.3 cm³/mol. The fourth-order valence-corrected chi connectivity index (χ4v) is 2.19. The van der Waals surface area contributed by atoms with E-state index >= 15 is 0 Å². The van der Waals surface area contributed by atoms with Gasteiger partial charge >= 0.3 is 12.1 Å². The van der Waals surface area contributed by atoms with Crippen LogP contribution < -0.4 is 5.32 Å². The van der Waals surface area contributed by atoms with Crippen LogP contribution >= 0.6 is 0 Å². The smallest absolute Gasteiger partial charge is 0.412 e. The minimum absolute atomic E-state index is 0.123. The predicted octanol–water partition coefficient (Wildman–Crippen LogP) is 3.58. The van der Waals surface area contributed by atoms with Crippen molar-refractivity contribution in [1.29, 1.82) is 0 Å². The van der Waals surface area contributed by atoms with Crippen LogP contribution in [0.1, 0.15) is 39.2 Å². The summed E-state index contributed by atoms with van der Waals surface area (Å²) in [6.45, 7) is 5.23. The summed E-state index contributed by atoms with van der Waals surface area (Å²) >= 11 is 0. The first-order valence-electron chi connectivity index (χ1n) is 7.13. The van der Waals surface area contributed by atoms with Crippen LogP contribution in [0.2, 0.25) is 0 Å². The number of carboxylic acids is 1. The summed E-state index contributed by atoms with van der Waals surface area (Å²) in [5, 5.41) is 11.7. The molecule has 120 valence electrons. The lowest BCUT2D eigenvalue weighted by molar-refractivity contribution is -0.143. The average molecular weight is 309 g/mol. The van der Waals surface area contributed by atoms with E-state index in [4.69, 9.17) is 4.74 Å². The number of anilines is 1. The number of carboxylic acid groups (broad SMARTS) is 1. The average Bonchev–Trinajstić information content (AvgIpc) is 3.12. The molecule has 1 aliphatic rings. The van der Waals surface area contributed by atoms with Crippen molar-refractivity contribution in [2.24, 2.45) is 5.41 Å². The molecule has 1 saturated carbocycles. The van der Waals surface area contributed by atoms with Gasteiger partial charge in [-0.2, -0.15) is 0 Å². The number of amides is 1. The number of rotatable bonds is 4. The Morgan fingerprint density at radius 3 is 2.50 bits per heavy atom. The third kappa shape index (κ3) is 3.96. The number of carbonyl (C=O) groups is 2. The van der Waals surface area contributed by atoms with Crippen molar-refractivity contribution < 1.29 is 23.8 Å². The van der Waals surface area contributed by atoms with Gasteiger partial charge in [0.25, 0.3) is 0 Å². The van der Waals surface area contributed by atoms with Crippen LogP contribution in [0.4, 0.5) is 14.9 Å². The van der Waals surface area contributed by atoms with E-state index in [-0.39, 0.29) is 12.0 Å². The first kappa shape index (κ1) is 16.3. The zero-order chi connectivity index (χ0) is 16.5. The van der Waals surface area contributed by atoms with Gasteiger partial charge in [-0.05, 0) is 63.8 Å². The maximum absolute atomic E-state index is 13.9. The zero-order valence-electron chi connectivity index (χ0n) is 12.9. The Kier molecular flexibility index (Phi) is 4.13. The molecule has 1 aromatic rings. The summed E-state index contributed by atoms with van der Waals surface area (Å²) in [6, 6.07) is 4.10. The number of ether oxygens (including phenoxy) is 1. The van der Waals surface area contributed by atoms with Crippen molar-refractivity contribution in [2.45, 2.75) is 45.6 Å². The van der Waals surface area contributed by atoms with E-state index in [0.29, 0.717) is 18.5 Å². The second kappa shape index (κ2) is 5.59. The van der Waals surface area contributed by atoms with E-state index in [9.17, 15) is 19.1 Å². The van der Waals surface area contributed by atoms with Gasteiger partial charge < -0.3 is 9.84 Å². The van der Waals surface area contributed by atoms with E-state index < -0.39 is 28.9 Å². The highest BCUT2D eigenvalue weighted by molar-refractivity contribution is 5.85. The van der Waals surface area contributed by atoms with Gasteiger partial charge in [-0.25, -0.2) is 9.18 Å². The molecule has 1 aliphatic carbocycles. The van der Waals surface area contributed by atoms with Crippen LogP contribution in [0.15, 0.2) is 18.2 Å². The largest absolute Gasteiger partial charge is 0.481 e. The maximum Gasteiger partial charge on any atom is 0.412 e. The molecule has 22 heavy (non-hydrogen) atoms. The van der Waals surface area contributed by atoms with Crippen molar-refractivity contribution in [3.05, 3.63) is 29.6 Å². The lowest BCUT2D eigenvalue weighted by Gasteiger charge is -2.20. The van der Waals surface area contributed by atoms with Crippen molar-refractivity contribution in [2.75, 3.05) is 5.32 Å². The number of hydrogen-bond acceptors (Lipinski definition) is 3. The Morgan fingerprint density at radius 1 is 1.36 bits per heavy atom. The molecule has 2 N–H and O–H groups in total. The molecule has 5 nitrogen and oxygen atoms in total. The van der Waals surface area contributed by atoms with E-state index in [2.05, 4.69) is 5.32 Å². The summed E-state index contributed by atoms with van der Waals surface area (Å²) in [7, 11) is 0. The topological polar surface area (TPSA) is 75.6 Å². The van der Waals surface area contributed by atoms with Crippen LogP contribution in [0.25, 0.3) is 0 Å². The molecule has 0 radical (unpaired) electrons. The molecule has 0 aliphatic heterocycles. The molecule has 1 fully saturated rings. The molecule has 2 rings (SSSR count). The second-order valence-electron chi connectivity index (χ2n) is 6.70. The Bertz CT molecular complexity index is 603. The molecule has 0 heterocycles. The minimum atomic E-state index is -0.905. The van der Waals surface area contributed by atoms with Crippen molar-refractivity contribution in [3.8, 4) is 0 Å². The highest BCUT2D eigenvalue weighted by atomic mass is 19.1. The summed E-state index contributed by atoms with van der Waals surface area (Å²) < 4.78 is 19.0. The number of hydrogen-bond donors (Lipinski definition) is 2. The monoisotopic (exact) mass is 309 g/mol. The number of halogens is 1. The molecule has 0 aromatic heterocycles. The molecule has 0 atom stereocenters. The number of benzene rings is 1. The van der Waals surface area contributed by atoms with Crippen molar-refractivity contribution >= 4 is 17.7 Å². The molecule has 0 saturated heterocycles. The Balaban J connectivity index is 2.10. The lowest BCUT2D eigenvalue weighted by Crippen LogP contribution is -2.27. The van der Waals surface area contributed by atoms with E-state index in [1.54, 1.807) is 20.8 Å². The van der Waals surface area contributed by atoms with Crippen LogP contribution in [0, 0.1) is 11.2 Å². The molecule has 0 unspecified atom stereocenters. The van der Waals surface area contributed by atoms with Crippen LogP contribution in [0.5, 0.6) is 0 Å². The molecular weight excluding hydrogens is 289 g/mol. The summed E-state index contributed by atoms with van der Waals surface area (Å²) in [5.74, 6) is -1.38. The van der Waals surface area contributed by atoms with Gasteiger partial charge in [0.1, 0.15) is 11.4 Å². The van der Waals surface area contributed by atoms with Gasteiger partial charge in [-0.15, -0.1) is 0 Å². The van der Waals surface area contributed by atoms with Crippen molar-refractivity contribution in [1.82, 2.24) is 0 Å². The van der Waals surface area contributed by atoms with Crippen LogP contribution in [-0.4, -0.2) is 22.8 Å². The van der Waals surface area contributed by atoms with Gasteiger partial charge in [-0.1, -0.05) is 0 Å². The van der Waals surface area contributed by atoms with E-state index in [1.165, 1.54) is 18.2 Å². The van der Waals surface area contributed by atoms with E-state index in [0.717, 1.165) is 0 Å². The van der Waals surface area contributed by atoms with Gasteiger partial charge in [0.2, 0.25) is 0 Å². The van der Waals surface area contributed by atoms with Crippen LogP contribution in [0.3, 0.4) is 0 Å². The van der Waals surface area contributed by atoms with Crippen molar-refractivity contribution in [3.63, 3.8) is 0 Å². The molecule has 0 bridgehead atoms. The first-order valence-corrected chi connectivity index (χ1v) is 7.13. The van der Waals surface area contributed by atoms with E-state index in [1.807, 2.05) is 0 Å². The quantitative estimate of drug-likeness (QED) is 0.891.